The maximum atomic E-state index is 13.1. The summed E-state index contributed by atoms with van der Waals surface area (Å²) in [6, 6.07) is 10.5. The molecule has 2 atom stereocenters. The van der Waals surface area contributed by atoms with Crippen molar-refractivity contribution >= 4 is 11.7 Å². The smallest absolute Gasteiger partial charge is 0.225 e. The summed E-state index contributed by atoms with van der Waals surface area (Å²) in [5.41, 5.74) is 2.64. The van der Waals surface area contributed by atoms with Crippen molar-refractivity contribution in [3.05, 3.63) is 60.4 Å². The van der Waals surface area contributed by atoms with Crippen LogP contribution in [0.3, 0.4) is 0 Å². The number of aromatic nitrogens is 5. The molecule has 5 rings (SSSR count). The van der Waals surface area contributed by atoms with Crippen molar-refractivity contribution in [3.63, 3.8) is 0 Å². The van der Waals surface area contributed by atoms with E-state index >= 15 is 0 Å². The van der Waals surface area contributed by atoms with Gasteiger partial charge in [-0.15, -0.1) is 0 Å². The summed E-state index contributed by atoms with van der Waals surface area (Å²) in [4.78, 5) is 28.0. The number of piperidine rings is 1. The first kappa shape index (κ1) is 18.7. The van der Waals surface area contributed by atoms with Crippen molar-refractivity contribution in [2.75, 3.05) is 18.0 Å². The predicted octanol–water partition coefficient (Wildman–Crippen LogP) is 2.47. The molecule has 0 saturated carbocycles. The van der Waals surface area contributed by atoms with E-state index in [1.165, 1.54) is 23.8 Å². The minimum Gasteiger partial charge on any atom is -0.356 e. The molecule has 8 nitrogen and oxygen atoms in total. The molecule has 30 heavy (non-hydrogen) atoms. The Morgan fingerprint density at radius 1 is 1.07 bits per heavy atom. The number of nitrogens with zero attached hydrogens (tertiary/aromatic N) is 6. The molecule has 1 fully saturated rings. The van der Waals surface area contributed by atoms with Gasteiger partial charge >= 0.3 is 0 Å². The van der Waals surface area contributed by atoms with Gasteiger partial charge in [-0.1, -0.05) is 24.3 Å². The number of carbonyl (C=O) groups excluding carboxylic acids is 1. The normalized spacial score (nSPS) is 21.1. The molecule has 1 aliphatic carbocycles. The molecule has 8 heteroatoms. The lowest BCUT2D eigenvalue weighted by atomic mass is 9.87. The van der Waals surface area contributed by atoms with Crippen molar-refractivity contribution in [3.8, 4) is 5.82 Å². The Bertz CT molecular complexity index is 1020. The molecule has 0 radical (unpaired) electrons. The van der Waals surface area contributed by atoms with E-state index in [2.05, 4.69) is 54.5 Å². The summed E-state index contributed by atoms with van der Waals surface area (Å²) < 4.78 is 1.61. The van der Waals surface area contributed by atoms with Gasteiger partial charge in [-0.25, -0.2) is 19.6 Å². The number of amides is 1. The fourth-order valence-corrected chi connectivity index (χ4v) is 4.55. The average molecular weight is 403 g/mol. The number of anilines is 1. The first-order chi connectivity index (χ1) is 14.8. The summed E-state index contributed by atoms with van der Waals surface area (Å²) in [7, 11) is 0. The van der Waals surface area contributed by atoms with Crippen molar-refractivity contribution in [2.24, 2.45) is 5.92 Å². The summed E-state index contributed by atoms with van der Waals surface area (Å²) in [6.07, 6.45) is 9.71. The SMILES string of the molecule is O=C(N[C@@H]1CCCc2ccccc21)[C@@H]1CCCN(c2cc(-n3cncn3)ncn2)C1. The monoisotopic (exact) mass is 403 g/mol. The number of aryl methyl sites for hydroxylation is 1. The van der Waals surface area contributed by atoms with Gasteiger partial charge in [-0.3, -0.25) is 4.79 Å². The second kappa shape index (κ2) is 8.22. The third kappa shape index (κ3) is 3.77. The number of nitrogens with one attached hydrogen (secondary N) is 1. The maximum Gasteiger partial charge on any atom is 0.225 e. The van der Waals surface area contributed by atoms with E-state index in [0.717, 1.165) is 44.5 Å². The Morgan fingerprint density at radius 2 is 1.97 bits per heavy atom. The summed E-state index contributed by atoms with van der Waals surface area (Å²) >= 11 is 0. The minimum absolute atomic E-state index is 0.0439. The van der Waals surface area contributed by atoms with Crippen LogP contribution in [0.1, 0.15) is 42.9 Å². The average Bonchev–Trinajstić information content (AvgIpc) is 3.35. The van der Waals surface area contributed by atoms with Crippen LogP contribution in [0.4, 0.5) is 5.82 Å². The van der Waals surface area contributed by atoms with Crippen LogP contribution in [0.2, 0.25) is 0 Å². The number of fused-ring (bicyclic) bond motifs is 1. The van der Waals surface area contributed by atoms with E-state index in [1.54, 1.807) is 11.0 Å². The number of rotatable bonds is 4. The lowest BCUT2D eigenvalue weighted by Gasteiger charge is -2.34. The second-order valence-electron chi connectivity index (χ2n) is 8.01. The highest BCUT2D eigenvalue weighted by atomic mass is 16.2. The van der Waals surface area contributed by atoms with Crippen LogP contribution in [0.25, 0.3) is 5.82 Å². The molecule has 0 unspecified atom stereocenters. The van der Waals surface area contributed by atoms with Gasteiger partial charge < -0.3 is 10.2 Å². The summed E-state index contributed by atoms with van der Waals surface area (Å²) in [5, 5.41) is 7.46. The molecule has 0 bridgehead atoms. The molecule has 154 valence electrons. The molecular formula is C22H25N7O. The fraction of sp³-hybridized carbons (Fsp3) is 0.409. The Morgan fingerprint density at radius 3 is 2.87 bits per heavy atom. The van der Waals surface area contributed by atoms with Crippen molar-refractivity contribution in [1.29, 1.82) is 0 Å². The number of hydrogen-bond acceptors (Lipinski definition) is 6. The molecule has 1 N–H and O–H groups in total. The lowest BCUT2D eigenvalue weighted by molar-refractivity contribution is -0.126. The van der Waals surface area contributed by atoms with Gasteiger partial charge in [0.1, 0.15) is 24.8 Å². The number of hydrogen-bond donors (Lipinski definition) is 1. The van der Waals surface area contributed by atoms with Crippen molar-refractivity contribution in [2.45, 2.75) is 38.1 Å². The first-order valence-corrected chi connectivity index (χ1v) is 10.6. The van der Waals surface area contributed by atoms with Crippen LogP contribution < -0.4 is 10.2 Å². The molecule has 1 aromatic carbocycles. The van der Waals surface area contributed by atoms with E-state index in [1.807, 2.05) is 6.07 Å². The van der Waals surface area contributed by atoms with Gasteiger partial charge in [0.2, 0.25) is 5.91 Å². The minimum atomic E-state index is -0.0439. The summed E-state index contributed by atoms with van der Waals surface area (Å²) in [6.45, 7) is 1.54. The van der Waals surface area contributed by atoms with E-state index in [0.29, 0.717) is 12.4 Å². The number of benzene rings is 1. The van der Waals surface area contributed by atoms with Crippen LogP contribution in [-0.2, 0) is 11.2 Å². The van der Waals surface area contributed by atoms with Crippen LogP contribution in [0.5, 0.6) is 0 Å². The molecule has 3 aromatic rings. The third-order valence-corrected chi connectivity index (χ3v) is 6.09. The Balaban J connectivity index is 1.28. The molecule has 1 amide bonds. The zero-order valence-corrected chi connectivity index (χ0v) is 16.8. The Labute approximate surface area is 175 Å². The van der Waals surface area contributed by atoms with Crippen molar-refractivity contribution < 1.29 is 4.79 Å². The van der Waals surface area contributed by atoms with E-state index in [-0.39, 0.29) is 17.9 Å². The van der Waals surface area contributed by atoms with Crippen LogP contribution >= 0.6 is 0 Å². The molecule has 3 heterocycles. The first-order valence-electron chi connectivity index (χ1n) is 10.6. The Kier molecular flexibility index (Phi) is 5.13. The van der Waals surface area contributed by atoms with Gasteiger partial charge in [-0.05, 0) is 43.2 Å². The maximum absolute atomic E-state index is 13.1. The van der Waals surface area contributed by atoms with Crippen molar-refractivity contribution in [1.82, 2.24) is 30.0 Å². The molecule has 1 aliphatic heterocycles. The molecule has 0 spiro atoms. The van der Waals surface area contributed by atoms with Gasteiger partial charge in [0.15, 0.2) is 5.82 Å². The van der Waals surface area contributed by atoms with Gasteiger partial charge in [0.05, 0.1) is 12.0 Å². The molecule has 2 aromatic heterocycles. The topological polar surface area (TPSA) is 88.8 Å². The highest BCUT2D eigenvalue weighted by Crippen LogP contribution is 2.30. The largest absolute Gasteiger partial charge is 0.356 e. The Hall–Kier alpha value is -3.29. The highest BCUT2D eigenvalue weighted by molar-refractivity contribution is 5.80. The molecule has 1 saturated heterocycles. The third-order valence-electron chi connectivity index (χ3n) is 6.09. The van der Waals surface area contributed by atoms with Crippen LogP contribution in [0, 0.1) is 5.92 Å². The van der Waals surface area contributed by atoms with E-state index < -0.39 is 0 Å². The summed E-state index contributed by atoms with van der Waals surface area (Å²) in [5.74, 6) is 1.59. The lowest BCUT2D eigenvalue weighted by Crippen LogP contribution is -2.44. The molecular weight excluding hydrogens is 378 g/mol. The second-order valence-corrected chi connectivity index (χ2v) is 8.01. The molecule has 2 aliphatic rings. The quantitative estimate of drug-likeness (QED) is 0.720. The predicted molar refractivity (Wildman–Crippen MR) is 112 cm³/mol. The zero-order valence-electron chi connectivity index (χ0n) is 16.8. The number of carbonyl (C=O) groups is 1. The zero-order chi connectivity index (χ0) is 20.3. The van der Waals surface area contributed by atoms with Gasteiger partial charge in [-0.2, -0.15) is 5.10 Å². The van der Waals surface area contributed by atoms with Crippen LogP contribution in [-0.4, -0.2) is 43.7 Å². The fourth-order valence-electron chi connectivity index (χ4n) is 4.55. The van der Waals surface area contributed by atoms with E-state index in [9.17, 15) is 4.79 Å². The highest BCUT2D eigenvalue weighted by Gasteiger charge is 2.29. The standard InChI is InChI=1S/C22H25N7O/c30-22(27-19-9-3-6-16-5-1-2-8-18(16)19)17-7-4-10-28(12-17)20-11-21(25-14-24-20)29-15-23-13-26-29/h1-2,5,8,11,13-15,17,19H,3-4,6-7,9-10,12H2,(H,27,30)/t17-,19-/m1/s1. The van der Waals surface area contributed by atoms with Gasteiger partial charge in [0.25, 0.3) is 0 Å². The van der Waals surface area contributed by atoms with E-state index in [4.69, 9.17) is 0 Å². The van der Waals surface area contributed by atoms with Crippen LogP contribution in [0.15, 0.2) is 49.3 Å². The van der Waals surface area contributed by atoms with Gasteiger partial charge in [0, 0.05) is 19.2 Å².